The summed E-state index contributed by atoms with van der Waals surface area (Å²) in [5.74, 6) is 1.90. The van der Waals surface area contributed by atoms with E-state index < -0.39 is 0 Å². The number of fused-ring (bicyclic) bond motifs is 1. The zero-order chi connectivity index (χ0) is 18.8. The first-order valence-electron chi connectivity index (χ1n) is 10.2. The van der Waals surface area contributed by atoms with Gasteiger partial charge in [0.15, 0.2) is 0 Å². The van der Waals surface area contributed by atoms with Crippen LogP contribution in [0.15, 0.2) is 24.3 Å². The molecule has 1 aromatic heterocycles. The minimum Gasteiger partial charge on any atom is -0.342 e. The van der Waals surface area contributed by atoms with Crippen molar-refractivity contribution < 1.29 is 4.79 Å². The van der Waals surface area contributed by atoms with Crippen molar-refractivity contribution in [3.05, 3.63) is 30.1 Å². The van der Waals surface area contributed by atoms with E-state index >= 15 is 0 Å². The normalized spacial score (nSPS) is 20.9. The number of nitrogens with zero attached hydrogens (tertiary/aromatic N) is 5. The van der Waals surface area contributed by atoms with Gasteiger partial charge in [0.1, 0.15) is 5.82 Å². The average Bonchev–Trinajstić information content (AvgIpc) is 2.88. The molecule has 146 valence electrons. The van der Waals surface area contributed by atoms with Crippen molar-refractivity contribution in [2.75, 3.05) is 52.9 Å². The zero-order valence-corrected chi connectivity index (χ0v) is 16.6. The largest absolute Gasteiger partial charge is 0.342 e. The molecule has 6 heteroatoms. The van der Waals surface area contributed by atoms with Crippen LogP contribution < -0.4 is 0 Å². The van der Waals surface area contributed by atoms with E-state index in [0.29, 0.717) is 18.4 Å². The van der Waals surface area contributed by atoms with Crippen LogP contribution in [0, 0.1) is 0 Å². The van der Waals surface area contributed by atoms with Crippen LogP contribution in [0.3, 0.4) is 0 Å². The van der Waals surface area contributed by atoms with Crippen molar-refractivity contribution in [2.24, 2.45) is 7.05 Å². The Hall–Kier alpha value is -1.92. The number of likely N-dealkylation sites (tertiary alicyclic amines) is 1. The van der Waals surface area contributed by atoms with Crippen molar-refractivity contribution in [1.29, 1.82) is 0 Å². The fraction of sp³-hybridized carbons (Fsp3) is 0.619. The van der Waals surface area contributed by atoms with Crippen LogP contribution in [0.5, 0.6) is 0 Å². The van der Waals surface area contributed by atoms with E-state index in [4.69, 9.17) is 4.98 Å². The first-order valence-corrected chi connectivity index (χ1v) is 10.2. The van der Waals surface area contributed by atoms with E-state index in [1.807, 2.05) is 6.07 Å². The molecule has 1 amide bonds. The highest BCUT2D eigenvalue weighted by molar-refractivity contribution is 5.78. The third-order valence-corrected chi connectivity index (χ3v) is 6.21. The summed E-state index contributed by atoms with van der Waals surface area (Å²) in [6.45, 7) is 6.49. The van der Waals surface area contributed by atoms with Gasteiger partial charge in [-0.3, -0.25) is 9.69 Å². The summed E-state index contributed by atoms with van der Waals surface area (Å²) < 4.78 is 2.23. The molecule has 1 aromatic carbocycles. The molecule has 2 aromatic rings. The number of rotatable bonds is 3. The molecule has 3 heterocycles. The maximum absolute atomic E-state index is 12.8. The first-order chi connectivity index (χ1) is 13.1. The van der Waals surface area contributed by atoms with Crippen LogP contribution in [0.1, 0.15) is 31.0 Å². The van der Waals surface area contributed by atoms with Crippen LogP contribution in [0.25, 0.3) is 11.0 Å². The van der Waals surface area contributed by atoms with Crippen molar-refractivity contribution in [2.45, 2.75) is 25.2 Å². The molecule has 0 atom stereocenters. The Morgan fingerprint density at radius 2 is 1.81 bits per heavy atom. The van der Waals surface area contributed by atoms with Gasteiger partial charge in [-0.2, -0.15) is 0 Å². The molecule has 2 saturated heterocycles. The molecule has 0 aliphatic carbocycles. The fourth-order valence-electron chi connectivity index (χ4n) is 4.47. The molecule has 0 N–H and O–H groups in total. The van der Waals surface area contributed by atoms with Gasteiger partial charge < -0.3 is 14.4 Å². The number of benzene rings is 1. The van der Waals surface area contributed by atoms with Gasteiger partial charge in [-0.05, 0) is 51.5 Å². The van der Waals surface area contributed by atoms with Crippen LogP contribution >= 0.6 is 0 Å². The highest BCUT2D eigenvalue weighted by Crippen LogP contribution is 2.29. The summed E-state index contributed by atoms with van der Waals surface area (Å²) in [4.78, 5) is 24.4. The van der Waals surface area contributed by atoms with Gasteiger partial charge in [-0.15, -0.1) is 0 Å². The van der Waals surface area contributed by atoms with Crippen molar-refractivity contribution in [3.63, 3.8) is 0 Å². The molecule has 0 unspecified atom stereocenters. The summed E-state index contributed by atoms with van der Waals surface area (Å²) in [5.41, 5.74) is 2.26. The van der Waals surface area contributed by atoms with Crippen LogP contribution in [0.4, 0.5) is 0 Å². The van der Waals surface area contributed by atoms with Gasteiger partial charge in [-0.25, -0.2) is 4.98 Å². The van der Waals surface area contributed by atoms with E-state index in [0.717, 1.165) is 64.0 Å². The summed E-state index contributed by atoms with van der Waals surface area (Å²) >= 11 is 0. The lowest BCUT2D eigenvalue weighted by atomic mass is 9.96. The number of piperidine rings is 1. The van der Waals surface area contributed by atoms with Gasteiger partial charge in [0.25, 0.3) is 0 Å². The highest BCUT2D eigenvalue weighted by atomic mass is 16.2. The second-order valence-electron chi connectivity index (χ2n) is 8.11. The number of carbonyl (C=O) groups excluding carboxylic acids is 1. The van der Waals surface area contributed by atoms with E-state index in [1.54, 1.807) is 0 Å². The fourth-order valence-corrected chi connectivity index (χ4v) is 4.47. The molecule has 0 radical (unpaired) electrons. The van der Waals surface area contributed by atoms with E-state index in [9.17, 15) is 4.79 Å². The van der Waals surface area contributed by atoms with Crippen LogP contribution in [-0.2, 0) is 11.8 Å². The van der Waals surface area contributed by atoms with Crippen molar-refractivity contribution in [1.82, 2.24) is 24.3 Å². The molecule has 6 nitrogen and oxygen atoms in total. The zero-order valence-electron chi connectivity index (χ0n) is 16.6. The molecule has 27 heavy (non-hydrogen) atoms. The monoisotopic (exact) mass is 369 g/mol. The molecule has 0 saturated carbocycles. The minimum absolute atomic E-state index is 0.294. The summed E-state index contributed by atoms with van der Waals surface area (Å²) in [5, 5.41) is 0. The third kappa shape index (κ3) is 4.01. The molecule has 4 rings (SSSR count). The van der Waals surface area contributed by atoms with Crippen molar-refractivity contribution in [3.8, 4) is 0 Å². The number of aryl methyl sites for hydroxylation is 1. The summed E-state index contributed by atoms with van der Waals surface area (Å²) in [7, 11) is 4.27. The molecule has 0 spiro atoms. The Labute approximate surface area is 161 Å². The van der Waals surface area contributed by atoms with Gasteiger partial charge in [0, 0.05) is 39.1 Å². The first kappa shape index (κ1) is 18.4. The maximum atomic E-state index is 12.8. The van der Waals surface area contributed by atoms with Gasteiger partial charge in [-0.1, -0.05) is 12.1 Å². The second kappa shape index (κ2) is 7.98. The lowest BCUT2D eigenvalue weighted by Crippen LogP contribution is -2.44. The van der Waals surface area contributed by atoms with Crippen LogP contribution in [0.2, 0.25) is 0 Å². The highest BCUT2D eigenvalue weighted by Gasteiger charge is 2.27. The number of amides is 1. The molecule has 0 bridgehead atoms. The number of likely N-dealkylation sites (N-methyl/N-ethyl adjacent to an activating group) is 1. The number of hydrogen-bond acceptors (Lipinski definition) is 4. The minimum atomic E-state index is 0.294. The van der Waals surface area contributed by atoms with E-state index in [1.165, 1.54) is 11.3 Å². The molecular weight excluding hydrogens is 338 g/mol. The number of imidazole rings is 1. The quantitative estimate of drug-likeness (QED) is 0.829. The maximum Gasteiger partial charge on any atom is 0.236 e. The van der Waals surface area contributed by atoms with Crippen molar-refractivity contribution >= 4 is 16.9 Å². The molecule has 2 aliphatic rings. The predicted octanol–water partition coefficient (Wildman–Crippen LogP) is 1.92. The smallest absolute Gasteiger partial charge is 0.236 e. The lowest BCUT2D eigenvalue weighted by Gasteiger charge is -2.33. The Morgan fingerprint density at radius 3 is 2.59 bits per heavy atom. The number of para-hydroxylation sites is 2. The summed E-state index contributed by atoms with van der Waals surface area (Å²) in [6, 6.07) is 8.32. The Kier molecular flexibility index (Phi) is 5.45. The predicted molar refractivity (Wildman–Crippen MR) is 108 cm³/mol. The SMILES string of the molecule is CN1CCCN(CC(=O)N2CCC(c3nc4ccccc4n3C)CC2)CC1. The van der Waals surface area contributed by atoms with Crippen LogP contribution in [-0.4, -0.2) is 83.0 Å². The average molecular weight is 370 g/mol. The molecule has 2 fully saturated rings. The number of aromatic nitrogens is 2. The topological polar surface area (TPSA) is 44.6 Å². The third-order valence-electron chi connectivity index (χ3n) is 6.21. The number of hydrogen-bond donors (Lipinski definition) is 0. The van der Waals surface area contributed by atoms with E-state index in [2.05, 4.69) is 51.6 Å². The standard InChI is InChI=1S/C21H31N5O/c1-23-10-5-11-25(15-14-23)16-20(27)26-12-8-17(9-13-26)21-22-18-6-3-4-7-19(18)24(21)2/h3-4,6-7,17H,5,8-16H2,1-2H3. The van der Waals surface area contributed by atoms with E-state index in [-0.39, 0.29) is 0 Å². The number of carbonyl (C=O) groups is 1. The molecular formula is C21H31N5O. The van der Waals surface area contributed by atoms with Gasteiger partial charge in [0.05, 0.1) is 17.6 Å². The molecule has 2 aliphatic heterocycles. The Bertz CT molecular complexity index is 793. The lowest BCUT2D eigenvalue weighted by molar-refractivity contribution is -0.133. The van der Waals surface area contributed by atoms with Gasteiger partial charge in [0.2, 0.25) is 5.91 Å². The Balaban J connectivity index is 1.34. The Morgan fingerprint density at radius 1 is 1.04 bits per heavy atom. The second-order valence-corrected chi connectivity index (χ2v) is 8.11. The summed E-state index contributed by atoms with van der Waals surface area (Å²) in [6.07, 6.45) is 3.16. The van der Waals surface area contributed by atoms with Gasteiger partial charge >= 0.3 is 0 Å².